The molecule has 294 valence electrons. The number of Topliss-reactive ketones (excluding diaryl/α,β-unsaturated/α-hetero) is 1. The van der Waals surface area contributed by atoms with Crippen molar-refractivity contribution in [1.29, 1.82) is 0 Å². The van der Waals surface area contributed by atoms with E-state index in [1.54, 1.807) is 18.5 Å². The number of amides is 2. The Labute approximate surface area is 326 Å². The molecule has 0 unspecified atom stereocenters. The fourth-order valence-electron chi connectivity index (χ4n) is 7.29. The van der Waals surface area contributed by atoms with Gasteiger partial charge in [-0.1, -0.05) is 55.5 Å². The van der Waals surface area contributed by atoms with Gasteiger partial charge in [-0.15, -0.1) is 0 Å². The molecule has 2 aromatic carbocycles. The number of alkyl carbamates (subject to hydrolysis) is 1. The number of ketones is 1. The van der Waals surface area contributed by atoms with Gasteiger partial charge >= 0.3 is 18.2 Å². The molecule has 0 aliphatic carbocycles. The number of nitrogens with zero attached hydrogens (tertiary/aromatic N) is 3. The Morgan fingerprint density at radius 1 is 1.00 bits per heavy atom. The molecule has 4 heterocycles. The van der Waals surface area contributed by atoms with E-state index in [9.17, 15) is 19.2 Å². The molecule has 13 nitrogen and oxygen atoms in total. The molecular formula is C43H49N5O8. The third-order valence-electron chi connectivity index (χ3n) is 9.84. The van der Waals surface area contributed by atoms with Crippen LogP contribution in [0.1, 0.15) is 67.7 Å². The number of piperidine rings is 1. The highest BCUT2D eigenvalue weighted by Gasteiger charge is 2.38. The zero-order valence-electron chi connectivity index (χ0n) is 32.5. The molecule has 0 radical (unpaired) electrons. The number of methoxy groups -OCH3 is 1. The van der Waals surface area contributed by atoms with Crippen LogP contribution in [0.4, 0.5) is 21.0 Å². The lowest BCUT2D eigenvalue weighted by molar-refractivity contribution is -0.156. The van der Waals surface area contributed by atoms with Crippen LogP contribution in [-0.4, -0.2) is 79.0 Å². The zero-order valence-corrected chi connectivity index (χ0v) is 32.5. The molecule has 1 saturated heterocycles. The monoisotopic (exact) mass is 763 g/mol. The molecule has 2 aliphatic rings. The lowest BCUT2D eigenvalue weighted by Gasteiger charge is -2.44. The number of ether oxygens (including phenoxy) is 4. The maximum atomic E-state index is 14.4. The van der Waals surface area contributed by atoms with Gasteiger partial charge in [0, 0.05) is 60.5 Å². The SMILES string of the molecule is COC(=O)N[C@@H]1[C@H](CC(=O)OC(C)(C)C)CN(c2ccncc2CC(=O)c2nc3cc(C4=CCOCC4)ccc3cc2NC(=O)OCc2ccccc2)C[C@@H]1C. The summed E-state index contributed by atoms with van der Waals surface area (Å²) in [4.78, 5) is 64.3. The number of fused-ring (bicyclic) bond motifs is 1. The molecule has 2 aromatic heterocycles. The molecule has 1 fully saturated rings. The molecule has 0 spiro atoms. The number of pyridine rings is 2. The summed E-state index contributed by atoms with van der Waals surface area (Å²) in [6, 6.07) is 18.4. The van der Waals surface area contributed by atoms with E-state index in [0.29, 0.717) is 37.4 Å². The van der Waals surface area contributed by atoms with E-state index >= 15 is 0 Å². The van der Waals surface area contributed by atoms with Gasteiger partial charge in [0.05, 0.1) is 37.9 Å². The van der Waals surface area contributed by atoms with Gasteiger partial charge in [-0.25, -0.2) is 14.6 Å². The summed E-state index contributed by atoms with van der Waals surface area (Å²) in [5, 5.41) is 6.45. The number of nitrogens with one attached hydrogen (secondary N) is 2. The van der Waals surface area contributed by atoms with Gasteiger partial charge in [-0.3, -0.25) is 19.9 Å². The van der Waals surface area contributed by atoms with Gasteiger partial charge < -0.3 is 29.2 Å². The third kappa shape index (κ3) is 10.3. The maximum Gasteiger partial charge on any atom is 0.412 e. The van der Waals surface area contributed by atoms with Gasteiger partial charge in [0.15, 0.2) is 5.78 Å². The van der Waals surface area contributed by atoms with Crippen LogP contribution in [0.25, 0.3) is 16.5 Å². The highest BCUT2D eigenvalue weighted by Crippen LogP contribution is 2.33. The van der Waals surface area contributed by atoms with Crippen molar-refractivity contribution in [2.45, 2.75) is 65.2 Å². The molecular weight excluding hydrogens is 714 g/mol. The molecule has 13 heteroatoms. The van der Waals surface area contributed by atoms with Gasteiger partial charge in [-0.05, 0) is 68.0 Å². The van der Waals surface area contributed by atoms with Crippen LogP contribution >= 0.6 is 0 Å². The summed E-state index contributed by atoms with van der Waals surface area (Å²) in [7, 11) is 1.31. The van der Waals surface area contributed by atoms with E-state index in [4.69, 9.17) is 23.9 Å². The van der Waals surface area contributed by atoms with Crippen LogP contribution in [0.15, 0.2) is 79.1 Å². The topological polar surface area (TPSA) is 158 Å². The number of aromatic nitrogens is 2. The number of benzene rings is 2. The Bertz CT molecular complexity index is 2100. The van der Waals surface area contributed by atoms with Gasteiger partial charge in [0.2, 0.25) is 0 Å². The summed E-state index contributed by atoms with van der Waals surface area (Å²) >= 11 is 0. The molecule has 2 amide bonds. The lowest BCUT2D eigenvalue weighted by Crippen LogP contribution is -2.56. The minimum atomic E-state index is -0.719. The standard InChI is InChI=1S/C43H49N5O8/c1-27-24-48(25-33(39(27)47-41(51)53-5)22-38(50)56-43(2,3)4)36-13-16-44-23-32(36)21-37(49)40-35(46-42(52)55-26-28-9-7-6-8-10-28)20-31-12-11-30(19-34(31)45-40)29-14-17-54-18-15-29/h6-14,16,19-20,23,27,33,39H,15,17-18,21-22,24-26H2,1-5H3,(H,46,52)(H,47,51)/t27-,33+,39-/m0/s1. The average Bonchev–Trinajstić information content (AvgIpc) is 3.18. The van der Waals surface area contributed by atoms with Gasteiger partial charge in [0.25, 0.3) is 0 Å². The Hall–Kier alpha value is -5.82. The maximum absolute atomic E-state index is 14.4. The van der Waals surface area contributed by atoms with E-state index in [1.165, 1.54) is 7.11 Å². The van der Waals surface area contributed by atoms with E-state index < -0.39 is 17.8 Å². The van der Waals surface area contributed by atoms with Crippen LogP contribution in [0.2, 0.25) is 0 Å². The molecule has 0 saturated carbocycles. The quantitative estimate of drug-likeness (QED) is 0.0909. The van der Waals surface area contributed by atoms with Crippen LogP contribution in [0, 0.1) is 11.8 Å². The van der Waals surface area contributed by atoms with Crippen LogP contribution in [0.5, 0.6) is 0 Å². The second-order valence-electron chi connectivity index (χ2n) is 15.2. The van der Waals surface area contributed by atoms with Gasteiger partial charge in [0.1, 0.15) is 17.9 Å². The molecule has 3 atom stereocenters. The number of hydrogen-bond acceptors (Lipinski definition) is 11. The second-order valence-corrected chi connectivity index (χ2v) is 15.2. The highest BCUT2D eigenvalue weighted by molar-refractivity contribution is 6.06. The van der Waals surface area contributed by atoms with E-state index in [2.05, 4.69) is 20.5 Å². The second kappa shape index (κ2) is 17.8. The van der Waals surface area contributed by atoms with E-state index in [0.717, 1.165) is 34.2 Å². The Balaban J connectivity index is 1.29. The number of esters is 1. The number of rotatable bonds is 11. The van der Waals surface area contributed by atoms with Crippen LogP contribution in [0.3, 0.4) is 0 Å². The van der Waals surface area contributed by atoms with Gasteiger partial charge in [-0.2, -0.15) is 0 Å². The van der Waals surface area contributed by atoms with Crippen molar-refractivity contribution in [3.05, 3.63) is 102 Å². The first-order chi connectivity index (χ1) is 26.9. The minimum Gasteiger partial charge on any atom is -0.460 e. The van der Waals surface area contributed by atoms with Crippen molar-refractivity contribution < 1.29 is 38.1 Å². The fraction of sp³-hybridized carbons (Fsp3) is 0.395. The summed E-state index contributed by atoms with van der Waals surface area (Å²) in [6.45, 7) is 9.56. The van der Waals surface area contributed by atoms with Crippen molar-refractivity contribution in [2.24, 2.45) is 11.8 Å². The number of anilines is 2. The van der Waals surface area contributed by atoms with Crippen molar-refractivity contribution in [3.63, 3.8) is 0 Å². The first-order valence-electron chi connectivity index (χ1n) is 18.8. The number of carbonyl (C=O) groups is 4. The van der Waals surface area contributed by atoms with E-state index in [-0.39, 0.29) is 60.5 Å². The van der Waals surface area contributed by atoms with E-state index in [1.807, 2.05) is 88.4 Å². The molecule has 6 rings (SSSR count). The molecule has 2 N–H and O–H groups in total. The summed E-state index contributed by atoms with van der Waals surface area (Å²) in [5.74, 6) is -1.15. The molecule has 0 bridgehead atoms. The van der Waals surface area contributed by atoms with Crippen molar-refractivity contribution >= 4 is 51.8 Å². The molecule has 56 heavy (non-hydrogen) atoms. The summed E-state index contributed by atoms with van der Waals surface area (Å²) in [5.41, 5.74) is 4.60. The minimum absolute atomic E-state index is 0.0530. The molecule has 4 aromatic rings. The molecule has 2 aliphatic heterocycles. The van der Waals surface area contributed by atoms with Crippen LogP contribution < -0.4 is 15.5 Å². The predicted octanol–water partition coefficient (Wildman–Crippen LogP) is 7.14. The Morgan fingerprint density at radius 2 is 1.80 bits per heavy atom. The number of carbonyl (C=O) groups excluding carboxylic acids is 4. The summed E-state index contributed by atoms with van der Waals surface area (Å²) in [6.07, 6.45) is 4.81. The predicted molar refractivity (Wildman–Crippen MR) is 212 cm³/mol. The lowest BCUT2D eigenvalue weighted by atomic mass is 9.82. The normalized spacial score (nSPS) is 18.4. The largest absolute Gasteiger partial charge is 0.460 e. The fourth-order valence-corrected chi connectivity index (χ4v) is 7.29. The summed E-state index contributed by atoms with van der Waals surface area (Å²) < 4.78 is 21.6. The number of hydrogen-bond donors (Lipinski definition) is 2. The third-order valence-corrected chi connectivity index (χ3v) is 9.84. The first-order valence-corrected chi connectivity index (χ1v) is 18.8. The highest BCUT2D eigenvalue weighted by atomic mass is 16.6. The Morgan fingerprint density at radius 3 is 2.54 bits per heavy atom. The smallest absolute Gasteiger partial charge is 0.412 e. The van der Waals surface area contributed by atoms with Crippen molar-refractivity contribution in [2.75, 3.05) is 43.6 Å². The zero-order chi connectivity index (χ0) is 39.8. The Kier molecular flexibility index (Phi) is 12.6. The van der Waals surface area contributed by atoms with Crippen molar-refractivity contribution in [1.82, 2.24) is 15.3 Å². The first kappa shape index (κ1) is 39.9. The average molecular weight is 764 g/mol. The van der Waals surface area contributed by atoms with Crippen LogP contribution in [-0.2, 0) is 36.8 Å². The van der Waals surface area contributed by atoms with Crippen molar-refractivity contribution in [3.8, 4) is 0 Å².